The van der Waals surface area contributed by atoms with Gasteiger partial charge in [0, 0.05) is 0 Å². The number of aryl methyl sites for hydroxylation is 2. The van der Waals surface area contributed by atoms with Crippen molar-refractivity contribution in [1.82, 2.24) is 0 Å². The topological polar surface area (TPSA) is 0 Å². The first-order valence-corrected chi connectivity index (χ1v) is 18.9. The van der Waals surface area contributed by atoms with E-state index in [1.165, 1.54) is 98.0 Å². The molecule has 0 spiro atoms. The maximum Gasteiger partial charge on any atom is 2.00 e. The van der Waals surface area contributed by atoms with E-state index in [4.69, 9.17) is 0 Å². The van der Waals surface area contributed by atoms with Crippen LogP contribution in [0, 0.1) is 13.8 Å². The van der Waals surface area contributed by atoms with Gasteiger partial charge in [0.2, 0.25) is 0 Å². The average molecular weight is 843 g/mol. The van der Waals surface area contributed by atoms with Crippen molar-refractivity contribution in [3.05, 3.63) is 195 Å². The molecule has 0 amide bonds. The monoisotopic (exact) mass is 840 g/mol. The Balaban J connectivity index is 0.000000191. The van der Waals surface area contributed by atoms with Gasteiger partial charge in [-0.25, -0.2) is 0 Å². The summed E-state index contributed by atoms with van der Waals surface area (Å²) in [5.41, 5.74) is 8.20. The summed E-state index contributed by atoms with van der Waals surface area (Å²) in [4.78, 5) is 0. The molecule has 10 aromatic rings. The molecule has 10 rings (SSSR count). The Morgan fingerprint density at radius 1 is 0.393 bits per heavy atom. The van der Waals surface area contributed by atoms with Crippen LogP contribution < -0.4 is 24.8 Å². The van der Waals surface area contributed by atoms with Crippen molar-refractivity contribution in [2.75, 3.05) is 0 Å². The summed E-state index contributed by atoms with van der Waals surface area (Å²) in [6, 6.07) is 62.3. The molecule has 0 heterocycles. The number of fused-ring (bicyclic) bond motifs is 6. The normalized spacial score (nSPS) is 10.6. The molecule has 0 atom stereocenters. The minimum absolute atomic E-state index is 0. The van der Waals surface area contributed by atoms with Crippen molar-refractivity contribution in [3.63, 3.8) is 0 Å². The molecule has 0 unspecified atom stereocenters. The standard InChI is InChI=1S/2C25H19.C3H6.2ClH.Zr/c2*1-2-17-14-18-10-7-13-23(24(18)15-17)25-21-11-5-3-8-19(21)16-20-9-4-6-12-22(20)25;1-3-2;;;/h2*3-16H,2H2,1H3;1-3H2;2*1H;/q2*-1;-2;;;+2/p-2. The number of hydrogen-bond donors (Lipinski definition) is 0. The zero-order valence-corrected chi connectivity index (χ0v) is 35.9. The van der Waals surface area contributed by atoms with Crippen LogP contribution in [0.15, 0.2) is 170 Å². The molecule has 0 saturated heterocycles. The van der Waals surface area contributed by atoms with Gasteiger partial charge >= 0.3 is 26.2 Å². The maximum absolute atomic E-state index is 3.38. The van der Waals surface area contributed by atoms with Crippen LogP contribution in [-0.2, 0) is 39.0 Å². The Bertz CT molecular complexity index is 2570. The maximum atomic E-state index is 3.38. The van der Waals surface area contributed by atoms with Crippen molar-refractivity contribution in [3.8, 4) is 22.3 Å². The van der Waals surface area contributed by atoms with Gasteiger partial charge in [-0.1, -0.05) is 134 Å². The molecule has 0 aliphatic heterocycles. The van der Waals surface area contributed by atoms with Gasteiger partial charge in [0.05, 0.1) is 0 Å². The number of benzene rings is 8. The third-order valence-corrected chi connectivity index (χ3v) is 10.5. The Hall–Kier alpha value is -4.52. The van der Waals surface area contributed by atoms with E-state index in [0.717, 1.165) is 19.3 Å². The van der Waals surface area contributed by atoms with E-state index in [-0.39, 0.29) is 51.0 Å². The Kier molecular flexibility index (Phi) is 14.5. The van der Waals surface area contributed by atoms with Gasteiger partial charge in [-0.2, -0.15) is 12.1 Å². The van der Waals surface area contributed by atoms with Crippen molar-refractivity contribution in [2.45, 2.75) is 33.1 Å². The molecule has 278 valence electrons. The molecule has 0 N–H and O–H groups in total. The summed E-state index contributed by atoms with van der Waals surface area (Å²) >= 11 is 0. The molecular weight excluding hydrogens is 799 g/mol. The first kappa shape index (κ1) is 42.6. The predicted molar refractivity (Wildman–Crippen MR) is 234 cm³/mol. The Morgan fingerprint density at radius 2 is 0.696 bits per heavy atom. The van der Waals surface area contributed by atoms with E-state index >= 15 is 0 Å². The van der Waals surface area contributed by atoms with Crippen LogP contribution in [0.25, 0.3) is 86.9 Å². The molecule has 0 radical (unpaired) electrons. The molecule has 0 fully saturated rings. The van der Waals surface area contributed by atoms with E-state index in [1.54, 1.807) is 0 Å². The number of rotatable bonds is 4. The molecule has 3 heteroatoms. The summed E-state index contributed by atoms with van der Waals surface area (Å²) in [5.74, 6) is 0. The summed E-state index contributed by atoms with van der Waals surface area (Å²) < 4.78 is 0. The number of hydrogen-bond acceptors (Lipinski definition) is 0. The van der Waals surface area contributed by atoms with Crippen LogP contribution in [-0.4, -0.2) is 0 Å². The van der Waals surface area contributed by atoms with E-state index in [1.807, 2.05) is 0 Å². The van der Waals surface area contributed by atoms with Crippen molar-refractivity contribution in [1.29, 1.82) is 0 Å². The van der Waals surface area contributed by atoms with E-state index in [0.29, 0.717) is 0 Å². The zero-order chi connectivity index (χ0) is 36.3. The van der Waals surface area contributed by atoms with Gasteiger partial charge in [-0.05, 0) is 79.2 Å². The SMILES string of the molecule is CCc1cc2c(-c3c4ccccc4cc4ccccc34)cccc2[cH-]1.CCc1cc2c(-c3c4ccccc4cc4ccccc34)cccc2[cH-]1.[CH2-]C[CH2-].[Cl-].[Cl-].[Zr+2]. The zero-order valence-electron chi connectivity index (χ0n) is 32.0. The quantitative estimate of drug-likeness (QED) is 0.123. The van der Waals surface area contributed by atoms with Gasteiger partial charge in [-0.15, -0.1) is 69.1 Å². The van der Waals surface area contributed by atoms with Crippen LogP contribution >= 0.6 is 0 Å². The molecule has 0 aliphatic carbocycles. The largest absolute Gasteiger partial charge is 2.00 e. The van der Waals surface area contributed by atoms with Crippen molar-refractivity contribution >= 4 is 64.6 Å². The molecular formula is C53H44Cl2Zr-4. The summed E-state index contributed by atoms with van der Waals surface area (Å²) in [6.45, 7) is 11.2. The minimum atomic E-state index is 0. The van der Waals surface area contributed by atoms with Crippen molar-refractivity contribution < 1.29 is 51.0 Å². The summed E-state index contributed by atoms with van der Waals surface area (Å²) in [5, 5.41) is 15.9. The van der Waals surface area contributed by atoms with Crippen LogP contribution in [0.4, 0.5) is 0 Å². The second-order valence-electron chi connectivity index (χ2n) is 13.8. The van der Waals surface area contributed by atoms with Gasteiger partial charge < -0.3 is 45.1 Å². The Morgan fingerprint density at radius 3 is 1.00 bits per heavy atom. The molecule has 0 saturated carbocycles. The van der Waals surface area contributed by atoms with Crippen LogP contribution in [0.1, 0.15) is 31.4 Å². The molecule has 0 nitrogen and oxygen atoms in total. The fraction of sp³-hybridized carbons (Fsp3) is 0.0943. The molecule has 0 aliphatic rings. The predicted octanol–water partition coefficient (Wildman–Crippen LogP) is 9.24. The smallest absolute Gasteiger partial charge is 1.00 e. The second kappa shape index (κ2) is 19.1. The third kappa shape index (κ3) is 8.15. The molecule has 56 heavy (non-hydrogen) atoms. The van der Waals surface area contributed by atoms with Gasteiger partial charge in [0.25, 0.3) is 0 Å². The average Bonchev–Trinajstić information content (AvgIpc) is 3.84. The van der Waals surface area contributed by atoms with Crippen LogP contribution in [0.3, 0.4) is 0 Å². The van der Waals surface area contributed by atoms with E-state index in [9.17, 15) is 0 Å². The van der Waals surface area contributed by atoms with E-state index in [2.05, 4.69) is 198 Å². The first-order chi connectivity index (χ1) is 26.1. The van der Waals surface area contributed by atoms with Gasteiger partial charge in [0.15, 0.2) is 0 Å². The van der Waals surface area contributed by atoms with Crippen LogP contribution in [0.2, 0.25) is 0 Å². The third-order valence-electron chi connectivity index (χ3n) is 10.5. The van der Waals surface area contributed by atoms with E-state index < -0.39 is 0 Å². The van der Waals surface area contributed by atoms with Gasteiger partial charge in [-0.3, -0.25) is 0 Å². The van der Waals surface area contributed by atoms with Crippen molar-refractivity contribution in [2.24, 2.45) is 0 Å². The van der Waals surface area contributed by atoms with Gasteiger partial charge in [0.1, 0.15) is 0 Å². The molecule has 0 bridgehead atoms. The van der Waals surface area contributed by atoms with Crippen LogP contribution in [0.5, 0.6) is 0 Å². The Labute approximate surface area is 363 Å². The molecule has 10 aromatic carbocycles. The fourth-order valence-electron chi connectivity index (χ4n) is 8.05. The first-order valence-electron chi connectivity index (χ1n) is 18.9. The fourth-order valence-corrected chi connectivity index (χ4v) is 8.05. The number of halogens is 2. The molecule has 0 aromatic heterocycles. The summed E-state index contributed by atoms with van der Waals surface area (Å²) in [6.07, 6.45) is 2.90. The summed E-state index contributed by atoms with van der Waals surface area (Å²) in [7, 11) is 0. The minimum Gasteiger partial charge on any atom is -1.00 e. The second-order valence-corrected chi connectivity index (χ2v) is 13.8.